The molecular formula is C20H20ClN5O3S. The van der Waals surface area contributed by atoms with Gasteiger partial charge in [0.15, 0.2) is 10.9 Å². The number of aromatic nitrogens is 3. The van der Waals surface area contributed by atoms with Crippen molar-refractivity contribution in [2.45, 2.75) is 12.1 Å². The number of amides is 2. The van der Waals surface area contributed by atoms with Gasteiger partial charge < -0.3 is 14.2 Å². The van der Waals surface area contributed by atoms with Crippen LogP contribution in [0, 0.1) is 6.92 Å². The molecule has 1 fully saturated rings. The molecule has 10 heteroatoms. The first-order chi connectivity index (χ1) is 14.5. The minimum Gasteiger partial charge on any atom is -0.459 e. The number of furan rings is 1. The molecule has 2 aromatic heterocycles. The molecule has 0 bridgehead atoms. The van der Waals surface area contributed by atoms with Gasteiger partial charge in [-0.2, -0.15) is 0 Å². The van der Waals surface area contributed by atoms with Crippen LogP contribution in [-0.4, -0.2) is 68.3 Å². The van der Waals surface area contributed by atoms with Crippen LogP contribution in [0.2, 0.25) is 5.02 Å². The highest BCUT2D eigenvalue weighted by Gasteiger charge is 2.26. The summed E-state index contributed by atoms with van der Waals surface area (Å²) in [4.78, 5) is 28.5. The number of piperazine rings is 1. The van der Waals surface area contributed by atoms with Crippen molar-refractivity contribution in [2.75, 3.05) is 31.9 Å². The zero-order valence-corrected chi connectivity index (χ0v) is 17.9. The molecule has 3 aromatic rings. The van der Waals surface area contributed by atoms with Crippen molar-refractivity contribution < 1.29 is 14.0 Å². The highest BCUT2D eigenvalue weighted by Crippen LogP contribution is 2.24. The summed E-state index contributed by atoms with van der Waals surface area (Å²) >= 11 is 7.55. The summed E-state index contributed by atoms with van der Waals surface area (Å²) in [6.07, 6.45) is 3.08. The van der Waals surface area contributed by atoms with Gasteiger partial charge in [0.05, 0.1) is 17.7 Å². The van der Waals surface area contributed by atoms with Gasteiger partial charge in [-0.15, -0.1) is 10.2 Å². The third-order valence-corrected chi connectivity index (χ3v) is 6.26. The highest BCUT2D eigenvalue weighted by atomic mass is 35.5. The molecule has 8 nitrogen and oxygen atoms in total. The zero-order valence-electron chi connectivity index (χ0n) is 16.3. The third kappa shape index (κ3) is 4.36. The predicted octanol–water partition coefficient (Wildman–Crippen LogP) is 2.90. The molecule has 0 unspecified atom stereocenters. The number of hydrogen-bond acceptors (Lipinski definition) is 6. The summed E-state index contributed by atoms with van der Waals surface area (Å²) in [5.41, 5.74) is 1.83. The van der Waals surface area contributed by atoms with E-state index in [1.165, 1.54) is 18.0 Å². The lowest BCUT2D eigenvalue weighted by atomic mass is 10.2. The van der Waals surface area contributed by atoms with E-state index in [4.69, 9.17) is 16.0 Å². The molecule has 1 saturated heterocycles. The number of hydrogen-bond donors (Lipinski definition) is 0. The van der Waals surface area contributed by atoms with Crippen molar-refractivity contribution in [3.05, 3.63) is 59.3 Å². The molecule has 3 heterocycles. The quantitative estimate of drug-likeness (QED) is 0.561. The van der Waals surface area contributed by atoms with E-state index >= 15 is 0 Å². The summed E-state index contributed by atoms with van der Waals surface area (Å²) in [5.74, 6) is 0.415. The van der Waals surface area contributed by atoms with Crippen molar-refractivity contribution in [1.82, 2.24) is 24.6 Å². The fourth-order valence-electron chi connectivity index (χ4n) is 3.16. The second-order valence-electron chi connectivity index (χ2n) is 6.86. The van der Waals surface area contributed by atoms with Crippen LogP contribution in [0.1, 0.15) is 16.1 Å². The molecule has 0 radical (unpaired) electrons. The van der Waals surface area contributed by atoms with Gasteiger partial charge in [-0.25, -0.2) is 0 Å². The van der Waals surface area contributed by atoms with Crippen molar-refractivity contribution in [3.8, 4) is 5.69 Å². The molecule has 0 atom stereocenters. The first-order valence-electron chi connectivity index (χ1n) is 9.43. The second kappa shape index (κ2) is 8.93. The smallest absolute Gasteiger partial charge is 0.289 e. The maximum atomic E-state index is 12.6. The van der Waals surface area contributed by atoms with E-state index < -0.39 is 0 Å². The Balaban J connectivity index is 1.32. The van der Waals surface area contributed by atoms with Crippen molar-refractivity contribution in [2.24, 2.45) is 0 Å². The van der Waals surface area contributed by atoms with Crippen molar-refractivity contribution in [3.63, 3.8) is 0 Å². The minimum absolute atomic E-state index is 0.00147. The molecule has 1 aliphatic rings. The molecule has 1 aromatic carbocycles. The summed E-state index contributed by atoms with van der Waals surface area (Å²) in [7, 11) is 0. The van der Waals surface area contributed by atoms with E-state index in [0.29, 0.717) is 42.1 Å². The van der Waals surface area contributed by atoms with Gasteiger partial charge in [0.2, 0.25) is 5.91 Å². The minimum atomic E-state index is -0.147. The summed E-state index contributed by atoms with van der Waals surface area (Å²) < 4.78 is 6.97. The first kappa shape index (κ1) is 20.5. The Kier molecular flexibility index (Phi) is 6.10. The number of halogens is 1. The number of thioether (sulfide) groups is 1. The van der Waals surface area contributed by atoms with E-state index in [1.807, 2.05) is 29.7 Å². The first-order valence-corrected chi connectivity index (χ1v) is 10.8. The molecule has 0 aliphatic carbocycles. The Morgan fingerprint density at radius 2 is 1.93 bits per heavy atom. The number of aryl methyl sites for hydroxylation is 1. The maximum absolute atomic E-state index is 12.6. The largest absolute Gasteiger partial charge is 0.459 e. The average Bonchev–Trinajstić information content (AvgIpc) is 3.46. The van der Waals surface area contributed by atoms with Crippen LogP contribution in [0.15, 0.2) is 52.5 Å². The Morgan fingerprint density at radius 3 is 2.63 bits per heavy atom. The average molecular weight is 446 g/mol. The second-order valence-corrected chi connectivity index (χ2v) is 8.21. The summed E-state index contributed by atoms with van der Waals surface area (Å²) in [6.45, 7) is 3.88. The van der Waals surface area contributed by atoms with Gasteiger partial charge in [0, 0.05) is 31.2 Å². The van der Waals surface area contributed by atoms with Crippen LogP contribution in [0.5, 0.6) is 0 Å². The van der Waals surface area contributed by atoms with Gasteiger partial charge in [0.1, 0.15) is 6.33 Å². The zero-order chi connectivity index (χ0) is 21.1. The Bertz CT molecular complexity index is 1040. The summed E-state index contributed by atoms with van der Waals surface area (Å²) in [5, 5.41) is 9.37. The van der Waals surface area contributed by atoms with Crippen LogP contribution >= 0.6 is 23.4 Å². The van der Waals surface area contributed by atoms with E-state index in [9.17, 15) is 9.59 Å². The molecule has 2 amide bonds. The van der Waals surface area contributed by atoms with Gasteiger partial charge >= 0.3 is 0 Å². The van der Waals surface area contributed by atoms with E-state index in [2.05, 4.69) is 10.2 Å². The topological polar surface area (TPSA) is 84.5 Å². The van der Waals surface area contributed by atoms with Crippen LogP contribution in [0.3, 0.4) is 0 Å². The Labute approximate surface area is 182 Å². The van der Waals surface area contributed by atoms with E-state index in [0.717, 1.165) is 11.3 Å². The van der Waals surface area contributed by atoms with Crippen LogP contribution in [0.25, 0.3) is 5.69 Å². The fourth-order valence-corrected chi connectivity index (χ4v) is 4.17. The molecule has 1 aliphatic heterocycles. The standard InChI is InChI=1S/C20H20ClN5O3S/c1-14-4-5-15(11-16(14)21)26-13-22-23-20(26)30-12-18(27)24-6-8-25(9-7-24)19(28)17-3-2-10-29-17/h2-5,10-11,13H,6-9,12H2,1H3. The highest BCUT2D eigenvalue weighted by molar-refractivity contribution is 7.99. The Hall–Kier alpha value is -2.78. The van der Waals surface area contributed by atoms with Crippen LogP contribution < -0.4 is 0 Å². The lowest BCUT2D eigenvalue weighted by molar-refractivity contribution is -0.129. The number of benzene rings is 1. The van der Waals surface area contributed by atoms with Gasteiger partial charge in [0.25, 0.3) is 5.91 Å². The fraction of sp³-hybridized carbons (Fsp3) is 0.300. The van der Waals surface area contributed by atoms with Gasteiger partial charge in [-0.3, -0.25) is 14.2 Å². The van der Waals surface area contributed by atoms with Crippen molar-refractivity contribution in [1.29, 1.82) is 0 Å². The Morgan fingerprint density at radius 1 is 1.17 bits per heavy atom. The lowest BCUT2D eigenvalue weighted by Gasteiger charge is -2.34. The number of carbonyl (C=O) groups is 2. The monoisotopic (exact) mass is 445 g/mol. The SMILES string of the molecule is Cc1ccc(-n2cnnc2SCC(=O)N2CCN(C(=O)c3ccco3)CC2)cc1Cl. The molecule has 30 heavy (non-hydrogen) atoms. The number of nitrogens with zero attached hydrogens (tertiary/aromatic N) is 5. The number of carbonyl (C=O) groups excluding carboxylic acids is 2. The van der Waals surface area contributed by atoms with Gasteiger partial charge in [-0.1, -0.05) is 29.4 Å². The molecule has 156 valence electrons. The van der Waals surface area contributed by atoms with E-state index in [1.54, 1.807) is 28.3 Å². The lowest BCUT2D eigenvalue weighted by Crippen LogP contribution is -2.51. The molecule has 4 rings (SSSR count). The van der Waals surface area contributed by atoms with E-state index in [-0.39, 0.29) is 17.6 Å². The molecular weight excluding hydrogens is 426 g/mol. The van der Waals surface area contributed by atoms with Crippen LogP contribution in [-0.2, 0) is 4.79 Å². The number of rotatable bonds is 5. The molecule has 0 N–H and O–H groups in total. The predicted molar refractivity (Wildman–Crippen MR) is 113 cm³/mol. The van der Waals surface area contributed by atoms with Gasteiger partial charge in [-0.05, 0) is 36.8 Å². The normalized spacial score (nSPS) is 14.2. The van der Waals surface area contributed by atoms with Crippen LogP contribution in [0.4, 0.5) is 0 Å². The van der Waals surface area contributed by atoms with Crippen molar-refractivity contribution >= 4 is 35.2 Å². The summed E-state index contributed by atoms with van der Waals surface area (Å²) in [6, 6.07) is 9.05. The molecule has 0 saturated carbocycles. The maximum Gasteiger partial charge on any atom is 0.289 e. The molecule has 0 spiro atoms. The third-order valence-electron chi connectivity index (χ3n) is 4.93.